The van der Waals surface area contributed by atoms with Crippen molar-refractivity contribution in [2.24, 2.45) is 5.73 Å². The molecule has 0 atom stereocenters. The van der Waals surface area contributed by atoms with E-state index in [0.29, 0.717) is 6.54 Å². The van der Waals surface area contributed by atoms with Crippen LogP contribution in [0.3, 0.4) is 0 Å². The second-order valence-electron chi connectivity index (χ2n) is 4.45. The monoisotopic (exact) mass is 273 g/mol. The molecule has 0 unspecified atom stereocenters. The summed E-state index contributed by atoms with van der Waals surface area (Å²) in [5.74, 6) is 1.82. The summed E-state index contributed by atoms with van der Waals surface area (Å²) in [7, 11) is 1.71. The molecule has 0 aromatic heterocycles. The molecule has 0 aliphatic carbocycles. The second-order valence-corrected chi connectivity index (χ2v) is 5.50. The lowest BCUT2D eigenvalue weighted by Crippen LogP contribution is -1.98. The maximum Gasteiger partial charge on any atom is 0.122 e. The van der Waals surface area contributed by atoms with E-state index >= 15 is 0 Å². The van der Waals surface area contributed by atoms with Gasteiger partial charge in [0.2, 0.25) is 0 Å². The van der Waals surface area contributed by atoms with Gasteiger partial charge in [-0.15, -0.1) is 11.8 Å². The fourth-order valence-corrected chi connectivity index (χ4v) is 2.74. The molecule has 0 aliphatic rings. The zero-order chi connectivity index (χ0) is 13.7. The molecule has 100 valence electrons. The zero-order valence-corrected chi connectivity index (χ0v) is 12.2. The van der Waals surface area contributed by atoms with E-state index in [4.69, 9.17) is 10.5 Å². The van der Waals surface area contributed by atoms with Gasteiger partial charge in [-0.2, -0.15) is 0 Å². The van der Waals surface area contributed by atoms with Gasteiger partial charge in [0.1, 0.15) is 5.75 Å². The minimum Gasteiger partial charge on any atom is -0.496 e. The van der Waals surface area contributed by atoms with Gasteiger partial charge >= 0.3 is 0 Å². The van der Waals surface area contributed by atoms with Crippen LogP contribution in [-0.2, 0) is 12.3 Å². The molecule has 2 aromatic rings. The first-order chi connectivity index (χ1) is 9.22. The fraction of sp³-hybridized carbons (Fsp3) is 0.250. The van der Waals surface area contributed by atoms with Crippen molar-refractivity contribution in [2.45, 2.75) is 24.1 Å². The Labute approximate surface area is 119 Å². The van der Waals surface area contributed by atoms with E-state index in [1.54, 1.807) is 7.11 Å². The van der Waals surface area contributed by atoms with Gasteiger partial charge in [-0.1, -0.05) is 23.8 Å². The molecule has 0 amide bonds. The molecule has 0 fully saturated rings. The molecular weight excluding hydrogens is 254 g/mol. The quantitative estimate of drug-likeness (QED) is 0.843. The van der Waals surface area contributed by atoms with Crippen LogP contribution in [0.2, 0.25) is 0 Å². The third-order valence-corrected chi connectivity index (χ3v) is 4.06. The second kappa shape index (κ2) is 6.64. The molecule has 0 heterocycles. The Bertz CT molecular complexity index is 537. The number of benzene rings is 2. The van der Waals surface area contributed by atoms with Crippen molar-refractivity contribution in [3.05, 3.63) is 59.2 Å². The third kappa shape index (κ3) is 3.75. The van der Waals surface area contributed by atoms with Crippen LogP contribution < -0.4 is 10.5 Å². The van der Waals surface area contributed by atoms with Crippen molar-refractivity contribution in [2.75, 3.05) is 7.11 Å². The van der Waals surface area contributed by atoms with Gasteiger partial charge in [0.05, 0.1) is 7.11 Å². The molecule has 0 spiro atoms. The minimum atomic E-state index is 0.562. The average Bonchev–Trinajstić information content (AvgIpc) is 2.46. The number of rotatable bonds is 5. The minimum absolute atomic E-state index is 0.562. The van der Waals surface area contributed by atoms with Crippen molar-refractivity contribution < 1.29 is 4.74 Å². The van der Waals surface area contributed by atoms with E-state index in [9.17, 15) is 0 Å². The van der Waals surface area contributed by atoms with E-state index < -0.39 is 0 Å². The Morgan fingerprint density at radius 1 is 1.11 bits per heavy atom. The normalized spacial score (nSPS) is 10.5. The number of aryl methyl sites for hydroxylation is 1. The van der Waals surface area contributed by atoms with Crippen molar-refractivity contribution in [3.8, 4) is 5.75 Å². The molecule has 2 rings (SSSR count). The summed E-state index contributed by atoms with van der Waals surface area (Å²) in [6.45, 7) is 2.66. The van der Waals surface area contributed by atoms with Crippen LogP contribution in [0.4, 0.5) is 0 Å². The highest BCUT2D eigenvalue weighted by Crippen LogP contribution is 2.28. The first-order valence-corrected chi connectivity index (χ1v) is 7.27. The molecule has 3 heteroatoms. The summed E-state index contributed by atoms with van der Waals surface area (Å²) in [6, 6.07) is 14.7. The van der Waals surface area contributed by atoms with Gasteiger partial charge in [0.25, 0.3) is 0 Å². The molecule has 0 bridgehead atoms. The number of ether oxygens (including phenoxy) is 1. The topological polar surface area (TPSA) is 35.2 Å². The molecular formula is C16H19NOS. The highest BCUT2D eigenvalue weighted by Gasteiger charge is 2.05. The lowest BCUT2D eigenvalue weighted by molar-refractivity contribution is 0.411. The number of hydrogen-bond acceptors (Lipinski definition) is 3. The molecule has 19 heavy (non-hydrogen) atoms. The van der Waals surface area contributed by atoms with E-state index in [-0.39, 0.29) is 0 Å². The van der Waals surface area contributed by atoms with Crippen LogP contribution in [0.1, 0.15) is 16.7 Å². The Kier molecular flexibility index (Phi) is 4.88. The molecule has 2 aromatic carbocycles. The van der Waals surface area contributed by atoms with Crippen molar-refractivity contribution in [1.29, 1.82) is 0 Å². The Morgan fingerprint density at radius 2 is 1.84 bits per heavy atom. The number of methoxy groups -OCH3 is 1. The average molecular weight is 273 g/mol. The maximum atomic E-state index is 5.69. The van der Waals surface area contributed by atoms with Crippen LogP contribution in [-0.4, -0.2) is 7.11 Å². The molecule has 0 aliphatic heterocycles. The van der Waals surface area contributed by atoms with Crippen LogP contribution >= 0.6 is 11.8 Å². The van der Waals surface area contributed by atoms with Crippen molar-refractivity contribution >= 4 is 11.8 Å². The summed E-state index contributed by atoms with van der Waals surface area (Å²) in [4.78, 5) is 1.27. The molecule has 0 saturated carbocycles. The standard InChI is InChI=1S/C16H19NOS/c1-12-3-6-15(7-4-12)19-11-14-9-13(10-17)5-8-16(14)18-2/h3-9H,10-11,17H2,1-2H3. The lowest BCUT2D eigenvalue weighted by atomic mass is 10.1. The van der Waals surface area contributed by atoms with Crippen molar-refractivity contribution in [1.82, 2.24) is 0 Å². The molecule has 0 radical (unpaired) electrons. The summed E-state index contributed by atoms with van der Waals surface area (Å²) in [6.07, 6.45) is 0. The van der Waals surface area contributed by atoms with E-state index in [1.165, 1.54) is 16.0 Å². The highest BCUT2D eigenvalue weighted by molar-refractivity contribution is 7.98. The number of hydrogen-bond donors (Lipinski definition) is 1. The van der Waals surface area contributed by atoms with Gasteiger partial charge in [-0.3, -0.25) is 0 Å². The van der Waals surface area contributed by atoms with Gasteiger partial charge in [0, 0.05) is 22.8 Å². The van der Waals surface area contributed by atoms with Gasteiger partial charge in [0.15, 0.2) is 0 Å². The Balaban J connectivity index is 2.11. The fourth-order valence-electron chi connectivity index (χ4n) is 1.87. The van der Waals surface area contributed by atoms with Crippen LogP contribution in [0.25, 0.3) is 0 Å². The molecule has 2 nitrogen and oxygen atoms in total. The maximum absolute atomic E-state index is 5.69. The van der Waals surface area contributed by atoms with Gasteiger partial charge in [-0.25, -0.2) is 0 Å². The predicted octanol–water partition coefficient (Wildman–Crippen LogP) is 3.75. The van der Waals surface area contributed by atoms with E-state index in [0.717, 1.165) is 17.1 Å². The van der Waals surface area contributed by atoms with E-state index in [2.05, 4.69) is 37.3 Å². The highest BCUT2D eigenvalue weighted by atomic mass is 32.2. The summed E-state index contributed by atoms with van der Waals surface area (Å²) in [5, 5.41) is 0. The largest absolute Gasteiger partial charge is 0.496 e. The van der Waals surface area contributed by atoms with Crippen LogP contribution in [0.15, 0.2) is 47.4 Å². The van der Waals surface area contributed by atoms with E-state index in [1.807, 2.05) is 23.9 Å². The SMILES string of the molecule is COc1ccc(CN)cc1CSc1ccc(C)cc1. The summed E-state index contributed by atoms with van der Waals surface area (Å²) >= 11 is 1.81. The van der Waals surface area contributed by atoms with Crippen LogP contribution in [0.5, 0.6) is 5.75 Å². The van der Waals surface area contributed by atoms with Crippen molar-refractivity contribution in [3.63, 3.8) is 0 Å². The van der Waals surface area contributed by atoms with Crippen LogP contribution in [0, 0.1) is 6.92 Å². The number of nitrogens with two attached hydrogens (primary N) is 1. The predicted molar refractivity (Wildman–Crippen MR) is 81.6 cm³/mol. The first-order valence-electron chi connectivity index (χ1n) is 6.28. The zero-order valence-electron chi connectivity index (χ0n) is 11.3. The third-order valence-electron chi connectivity index (χ3n) is 3.00. The van der Waals surface area contributed by atoms with Gasteiger partial charge < -0.3 is 10.5 Å². The Hall–Kier alpha value is -1.45. The smallest absolute Gasteiger partial charge is 0.122 e. The molecule has 0 saturated heterocycles. The molecule has 2 N–H and O–H groups in total. The first kappa shape index (κ1) is 14.0. The summed E-state index contributed by atoms with van der Waals surface area (Å²) in [5.41, 5.74) is 9.30. The lowest BCUT2D eigenvalue weighted by Gasteiger charge is -2.10. The Morgan fingerprint density at radius 3 is 2.47 bits per heavy atom. The van der Waals surface area contributed by atoms with Gasteiger partial charge in [-0.05, 0) is 36.8 Å². The summed E-state index contributed by atoms with van der Waals surface area (Å²) < 4.78 is 5.40. The number of thioether (sulfide) groups is 1.